The first-order valence-electron chi connectivity index (χ1n) is 10.5. The molecular weight excluding hydrogens is 400 g/mol. The highest BCUT2D eigenvalue weighted by Crippen LogP contribution is 2.42. The van der Waals surface area contributed by atoms with Gasteiger partial charge in [0.25, 0.3) is 0 Å². The molecule has 3 aliphatic rings. The van der Waals surface area contributed by atoms with Gasteiger partial charge in [0.2, 0.25) is 0 Å². The predicted octanol–water partition coefficient (Wildman–Crippen LogP) is 2.76. The van der Waals surface area contributed by atoms with Gasteiger partial charge in [0.1, 0.15) is 10.6 Å². The van der Waals surface area contributed by atoms with E-state index in [0.717, 1.165) is 35.6 Å². The normalized spacial score (nSPS) is 27.4. The lowest BCUT2D eigenvalue weighted by Crippen LogP contribution is -2.44. The molecule has 7 nitrogen and oxygen atoms in total. The molecule has 2 aromatic rings. The molecule has 2 saturated heterocycles. The molecule has 0 radical (unpaired) electrons. The van der Waals surface area contributed by atoms with E-state index in [9.17, 15) is 8.42 Å². The molecule has 0 aromatic carbocycles. The Hall–Kier alpha value is -2.32. The highest BCUT2D eigenvalue weighted by Gasteiger charge is 2.47. The van der Waals surface area contributed by atoms with E-state index in [0.29, 0.717) is 37.6 Å². The Bertz CT molecular complexity index is 1130. The Morgan fingerprint density at radius 1 is 1.30 bits per heavy atom. The Kier molecular flexibility index (Phi) is 4.67. The first kappa shape index (κ1) is 19.6. The lowest BCUT2D eigenvalue weighted by atomic mass is 10.00. The number of sulfone groups is 1. The summed E-state index contributed by atoms with van der Waals surface area (Å²) in [4.78, 5) is 16.4. The van der Waals surface area contributed by atoms with Crippen LogP contribution in [0.3, 0.4) is 0 Å². The molecule has 0 amide bonds. The van der Waals surface area contributed by atoms with Gasteiger partial charge in [0.15, 0.2) is 15.7 Å². The van der Waals surface area contributed by atoms with Crippen LogP contribution < -0.4 is 4.90 Å². The summed E-state index contributed by atoms with van der Waals surface area (Å²) in [5, 5.41) is 0. The molecule has 1 aliphatic carbocycles. The van der Waals surface area contributed by atoms with Crippen LogP contribution in [0.4, 0.5) is 5.82 Å². The van der Waals surface area contributed by atoms with E-state index in [1.165, 1.54) is 0 Å². The Balaban J connectivity index is 1.71. The van der Waals surface area contributed by atoms with Crippen LogP contribution in [0, 0.1) is 0 Å². The smallest absolute Gasteiger partial charge is 0.162 e. The predicted molar refractivity (Wildman–Crippen MR) is 116 cm³/mol. The molecule has 2 atom stereocenters. The van der Waals surface area contributed by atoms with Gasteiger partial charge in [-0.05, 0) is 32.8 Å². The van der Waals surface area contributed by atoms with Gasteiger partial charge in [0.05, 0.1) is 36.4 Å². The number of morpholine rings is 1. The Morgan fingerprint density at radius 3 is 2.93 bits per heavy atom. The SMILES string of the molecule is C[C@@H]1COCCN1c1cc(C2(C)CCCS2(=O)=O)nc(-c2ccnc3c2C=CC3)n1. The molecule has 0 bridgehead atoms. The fourth-order valence-corrected chi connectivity index (χ4v) is 6.51. The van der Waals surface area contributed by atoms with Crippen molar-refractivity contribution in [2.75, 3.05) is 30.4 Å². The Labute approximate surface area is 177 Å². The summed E-state index contributed by atoms with van der Waals surface area (Å²) in [6.07, 6.45) is 7.95. The van der Waals surface area contributed by atoms with E-state index in [-0.39, 0.29) is 11.8 Å². The average Bonchev–Trinajstić information content (AvgIpc) is 3.32. The molecule has 1 unspecified atom stereocenters. The van der Waals surface area contributed by atoms with Crippen LogP contribution >= 0.6 is 0 Å². The van der Waals surface area contributed by atoms with Crippen molar-refractivity contribution in [1.29, 1.82) is 0 Å². The molecular formula is C22H26N4O3S. The summed E-state index contributed by atoms with van der Waals surface area (Å²) in [6.45, 7) is 5.88. The minimum Gasteiger partial charge on any atom is -0.377 e. The molecule has 2 aromatic heterocycles. The van der Waals surface area contributed by atoms with Crippen molar-refractivity contribution in [3.05, 3.63) is 41.4 Å². The molecule has 0 spiro atoms. The number of nitrogens with zero attached hydrogens (tertiary/aromatic N) is 4. The first-order valence-corrected chi connectivity index (χ1v) is 12.2. The summed E-state index contributed by atoms with van der Waals surface area (Å²) >= 11 is 0. The van der Waals surface area contributed by atoms with Crippen LogP contribution in [0.15, 0.2) is 24.4 Å². The van der Waals surface area contributed by atoms with Crippen molar-refractivity contribution in [3.63, 3.8) is 0 Å². The van der Waals surface area contributed by atoms with Gasteiger partial charge in [-0.2, -0.15) is 0 Å². The molecule has 5 rings (SSSR count). The summed E-state index contributed by atoms with van der Waals surface area (Å²) in [6, 6.07) is 3.96. The molecule has 0 saturated carbocycles. The van der Waals surface area contributed by atoms with Gasteiger partial charge < -0.3 is 9.64 Å². The lowest BCUT2D eigenvalue weighted by molar-refractivity contribution is 0.0985. The van der Waals surface area contributed by atoms with E-state index >= 15 is 0 Å². The van der Waals surface area contributed by atoms with Crippen molar-refractivity contribution in [2.45, 2.75) is 43.9 Å². The van der Waals surface area contributed by atoms with Crippen LogP contribution in [0.25, 0.3) is 17.5 Å². The molecule has 158 valence electrons. The number of rotatable bonds is 3. The Morgan fingerprint density at radius 2 is 2.17 bits per heavy atom. The van der Waals surface area contributed by atoms with Gasteiger partial charge in [-0.1, -0.05) is 12.2 Å². The molecule has 8 heteroatoms. The van der Waals surface area contributed by atoms with Crippen molar-refractivity contribution in [2.24, 2.45) is 0 Å². The summed E-state index contributed by atoms with van der Waals surface area (Å²) in [5.74, 6) is 1.54. The van der Waals surface area contributed by atoms with E-state index in [4.69, 9.17) is 14.7 Å². The molecule has 0 N–H and O–H groups in total. The summed E-state index contributed by atoms with van der Waals surface area (Å²) in [5.41, 5.74) is 3.51. The monoisotopic (exact) mass is 426 g/mol. The third-order valence-electron chi connectivity index (χ3n) is 6.58. The van der Waals surface area contributed by atoms with Gasteiger partial charge >= 0.3 is 0 Å². The van der Waals surface area contributed by atoms with E-state index in [1.807, 2.05) is 19.1 Å². The third-order valence-corrected chi connectivity index (χ3v) is 9.19. The van der Waals surface area contributed by atoms with Crippen LogP contribution in [0.5, 0.6) is 0 Å². The summed E-state index contributed by atoms with van der Waals surface area (Å²) in [7, 11) is -3.27. The van der Waals surface area contributed by atoms with Crippen molar-refractivity contribution >= 4 is 21.7 Å². The number of aromatic nitrogens is 3. The number of fused-ring (bicyclic) bond motifs is 1. The zero-order valence-electron chi connectivity index (χ0n) is 17.3. The maximum absolute atomic E-state index is 13.0. The second-order valence-corrected chi connectivity index (χ2v) is 11.1. The number of pyridine rings is 1. The van der Waals surface area contributed by atoms with E-state index < -0.39 is 14.6 Å². The fourth-order valence-electron chi connectivity index (χ4n) is 4.66. The van der Waals surface area contributed by atoms with Crippen molar-refractivity contribution in [1.82, 2.24) is 15.0 Å². The van der Waals surface area contributed by atoms with Crippen LogP contribution in [0.1, 0.15) is 43.6 Å². The summed E-state index contributed by atoms with van der Waals surface area (Å²) < 4.78 is 30.5. The van der Waals surface area contributed by atoms with E-state index in [2.05, 4.69) is 29.0 Å². The van der Waals surface area contributed by atoms with Gasteiger partial charge in [-0.25, -0.2) is 18.4 Å². The minimum absolute atomic E-state index is 0.158. The lowest BCUT2D eigenvalue weighted by Gasteiger charge is -2.35. The van der Waals surface area contributed by atoms with Gasteiger partial charge in [-0.3, -0.25) is 4.98 Å². The van der Waals surface area contributed by atoms with Crippen LogP contribution in [-0.2, 0) is 25.7 Å². The molecule has 2 aliphatic heterocycles. The fraction of sp³-hybridized carbons (Fsp3) is 0.500. The van der Waals surface area contributed by atoms with E-state index in [1.54, 1.807) is 6.20 Å². The molecule has 2 fully saturated rings. The van der Waals surface area contributed by atoms with Gasteiger partial charge in [0, 0.05) is 36.4 Å². The van der Waals surface area contributed by atoms with Crippen molar-refractivity contribution in [3.8, 4) is 11.4 Å². The standard InChI is InChI=1S/C22H26N4O3S/c1-15-14-29-11-10-26(15)20-13-19(22(2)8-4-12-30(22,27)28)24-21(25-20)17-7-9-23-18-6-3-5-16(17)18/h3,5,7,9,13,15H,4,6,8,10-12,14H2,1-2H3/t15-,22?/m1/s1. The number of hydrogen-bond acceptors (Lipinski definition) is 7. The minimum atomic E-state index is -3.27. The zero-order chi connectivity index (χ0) is 20.9. The number of hydrogen-bond donors (Lipinski definition) is 0. The maximum Gasteiger partial charge on any atom is 0.162 e. The van der Waals surface area contributed by atoms with Crippen LogP contribution in [0.2, 0.25) is 0 Å². The average molecular weight is 427 g/mol. The molecule has 4 heterocycles. The second kappa shape index (κ2) is 7.13. The highest BCUT2D eigenvalue weighted by molar-refractivity contribution is 7.92. The highest BCUT2D eigenvalue weighted by atomic mass is 32.2. The third kappa shape index (κ3) is 3.04. The first-order chi connectivity index (χ1) is 14.4. The van der Waals surface area contributed by atoms with Crippen molar-refractivity contribution < 1.29 is 13.2 Å². The number of anilines is 1. The number of allylic oxidation sites excluding steroid dienone is 1. The largest absolute Gasteiger partial charge is 0.377 e. The quantitative estimate of drug-likeness (QED) is 0.746. The number of ether oxygens (including phenoxy) is 1. The topological polar surface area (TPSA) is 85.3 Å². The molecule has 30 heavy (non-hydrogen) atoms. The maximum atomic E-state index is 13.0. The zero-order valence-corrected chi connectivity index (χ0v) is 18.2. The second-order valence-electron chi connectivity index (χ2n) is 8.53. The van der Waals surface area contributed by atoms with Crippen LogP contribution in [-0.4, -0.2) is 54.9 Å². The van der Waals surface area contributed by atoms with Gasteiger partial charge in [-0.15, -0.1) is 0 Å².